The van der Waals surface area contributed by atoms with E-state index in [1.165, 1.54) is 12.3 Å². The average molecular weight is 330 g/mol. The van der Waals surface area contributed by atoms with E-state index in [0.29, 0.717) is 18.1 Å². The zero-order valence-electron chi connectivity index (χ0n) is 11.5. The molecule has 0 bridgehead atoms. The van der Waals surface area contributed by atoms with Gasteiger partial charge in [-0.25, -0.2) is 13.1 Å². The molecule has 0 spiro atoms. The number of hydrogen-bond acceptors (Lipinski definition) is 5. The van der Waals surface area contributed by atoms with Crippen LogP contribution in [0.3, 0.4) is 0 Å². The zero-order chi connectivity index (χ0) is 15.3. The summed E-state index contributed by atoms with van der Waals surface area (Å²) in [5.74, 6) is 0. The van der Waals surface area contributed by atoms with Crippen LogP contribution in [-0.4, -0.2) is 37.0 Å². The monoisotopic (exact) mass is 329 g/mol. The molecule has 0 aliphatic carbocycles. The van der Waals surface area contributed by atoms with E-state index in [1.54, 1.807) is 30.1 Å². The maximum atomic E-state index is 12.2. The van der Waals surface area contributed by atoms with Crippen molar-refractivity contribution < 1.29 is 8.42 Å². The summed E-state index contributed by atoms with van der Waals surface area (Å²) in [6.45, 7) is 1.15. The molecule has 0 fully saturated rings. The maximum Gasteiger partial charge on any atom is 0.240 e. The van der Waals surface area contributed by atoms with E-state index >= 15 is 0 Å². The molecule has 114 valence electrons. The lowest BCUT2D eigenvalue weighted by Gasteiger charge is -2.09. The molecule has 7 nitrogen and oxygen atoms in total. The first-order valence-electron chi connectivity index (χ1n) is 6.30. The molecular formula is C12H16ClN5O2S. The van der Waals surface area contributed by atoms with Crippen LogP contribution in [0.25, 0.3) is 0 Å². The van der Waals surface area contributed by atoms with Gasteiger partial charge < -0.3 is 5.32 Å². The normalized spacial score (nSPS) is 11.7. The fourth-order valence-corrected chi connectivity index (χ4v) is 3.03. The van der Waals surface area contributed by atoms with E-state index < -0.39 is 10.0 Å². The quantitative estimate of drug-likeness (QED) is 0.777. The SMILES string of the molecule is CNCc1cc(S(=O)(=O)NCCn2ccnn2)ccc1Cl. The Bertz CT molecular complexity index is 688. The molecule has 2 aromatic rings. The lowest BCUT2D eigenvalue weighted by molar-refractivity contribution is 0.552. The van der Waals surface area contributed by atoms with Crippen molar-refractivity contribution >= 4 is 21.6 Å². The Balaban J connectivity index is 2.06. The molecule has 2 N–H and O–H groups in total. The van der Waals surface area contributed by atoms with Crippen LogP contribution in [0.4, 0.5) is 0 Å². The zero-order valence-corrected chi connectivity index (χ0v) is 13.0. The highest BCUT2D eigenvalue weighted by molar-refractivity contribution is 7.89. The second-order valence-corrected chi connectivity index (χ2v) is 6.52. The summed E-state index contributed by atoms with van der Waals surface area (Å²) < 4.78 is 28.5. The van der Waals surface area contributed by atoms with Gasteiger partial charge in [0, 0.05) is 24.3 Å². The summed E-state index contributed by atoms with van der Waals surface area (Å²) in [4.78, 5) is 0.191. The molecule has 1 aromatic heterocycles. The van der Waals surface area contributed by atoms with Gasteiger partial charge in [-0.3, -0.25) is 4.68 Å². The highest BCUT2D eigenvalue weighted by Crippen LogP contribution is 2.20. The Morgan fingerprint density at radius 1 is 1.38 bits per heavy atom. The van der Waals surface area contributed by atoms with Gasteiger partial charge in [0.05, 0.1) is 17.6 Å². The molecule has 0 aliphatic heterocycles. The standard InChI is InChI=1S/C12H16ClN5O2S/c1-14-9-10-8-11(2-3-12(10)13)21(19,20)16-5-7-18-6-4-15-17-18/h2-4,6,8,14,16H,5,7,9H2,1H3. The van der Waals surface area contributed by atoms with Gasteiger partial charge in [0.25, 0.3) is 0 Å². The van der Waals surface area contributed by atoms with E-state index in [-0.39, 0.29) is 11.4 Å². The van der Waals surface area contributed by atoms with E-state index in [2.05, 4.69) is 20.4 Å². The Morgan fingerprint density at radius 3 is 2.86 bits per heavy atom. The van der Waals surface area contributed by atoms with Gasteiger partial charge >= 0.3 is 0 Å². The van der Waals surface area contributed by atoms with Gasteiger partial charge in [0.2, 0.25) is 10.0 Å². The Kier molecular flexibility index (Phi) is 5.29. The predicted molar refractivity (Wildman–Crippen MR) is 79.4 cm³/mol. The van der Waals surface area contributed by atoms with E-state index in [1.807, 2.05) is 0 Å². The van der Waals surface area contributed by atoms with Crippen molar-refractivity contribution in [2.24, 2.45) is 0 Å². The smallest absolute Gasteiger partial charge is 0.240 e. The number of sulfonamides is 1. The fourth-order valence-electron chi connectivity index (χ4n) is 1.77. The largest absolute Gasteiger partial charge is 0.316 e. The van der Waals surface area contributed by atoms with Crippen LogP contribution in [0.1, 0.15) is 5.56 Å². The molecule has 1 heterocycles. The van der Waals surface area contributed by atoms with Crippen molar-refractivity contribution in [1.29, 1.82) is 0 Å². The second-order valence-electron chi connectivity index (χ2n) is 4.35. The van der Waals surface area contributed by atoms with Gasteiger partial charge in [-0.2, -0.15) is 0 Å². The first-order chi connectivity index (χ1) is 10.0. The third kappa shape index (κ3) is 4.24. The van der Waals surface area contributed by atoms with Crippen molar-refractivity contribution in [3.8, 4) is 0 Å². The van der Waals surface area contributed by atoms with E-state index in [0.717, 1.165) is 5.56 Å². The van der Waals surface area contributed by atoms with Crippen molar-refractivity contribution in [2.45, 2.75) is 18.0 Å². The lowest BCUT2D eigenvalue weighted by atomic mass is 10.2. The molecular weight excluding hydrogens is 314 g/mol. The number of hydrogen-bond donors (Lipinski definition) is 2. The van der Waals surface area contributed by atoms with Gasteiger partial charge in [-0.15, -0.1) is 5.10 Å². The molecule has 21 heavy (non-hydrogen) atoms. The first kappa shape index (κ1) is 15.9. The van der Waals surface area contributed by atoms with Gasteiger partial charge in [0.15, 0.2) is 0 Å². The molecule has 0 aliphatic rings. The number of nitrogens with zero attached hydrogens (tertiary/aromatic N) is 3. The van der Waals surface area contributed by atoms with Crippen LogP contribution in [0.5, 0.6) is 0 Å². The van der Waals surface area contributed by atoms with Gasteiger partial charge in [-0.1, -0.05) is 16.8 Å². The molecule has 9 heteroatoms. The molecule has 0 radical (unpaired) electrons. The minimum Gasteiger partial charge on any atom is -0.316 e. The maximum absolute atomic E-state index is 12.2. The Labute approximate surface area is 128 Å². The van der Waals surface area contributed by atoms with Crippen molar-refractivity contribution in [1.82, 2.24) is 25.0 Å². The number of aromatic nitrogens is 3. The van der Waals surface area contributed by atoms with Crippen LogP contribution < -0.4 is 10.0 Å². The molecule has 0 saturated carbocycles. The molecule has 0 unspecified atom stereocenters. The summed E-state index contributed by atoms with van der Waals surface area (Å²) in [5, 5.41) is 10.9. The van der Waals surface area contributed by atoms with Crippen molar-refractivity contribution in [2.75, 3.05) is 13.6 Å². The topological polar surface area (TPSA) is 88.9 Å². The molecule has 1 aromatic carbocycles. The van der Waals surface area contributed by atoms with Gasteiger partial charge in [-0.05, 0) is 30.8 Å². The summed E-state index contributed by atoms with van der Waals surface area (Å²) in [6, 6.07) is 4.64. The van der Waals surface area contributed by atoms with Crippen molar-refractivity contribution in [3.05, 3.63) is 41.2 Å². The van der Waals surface area contributed by atoms with Crippen LogP contribution in [0.2, 0.25) is 5.02 Å². The number of nitrogens with one attached hydrogen (secondary N) is 2. The number of halogens is 1. The number of benzene rings is 1. The average Bonchev–Trinajstić information content (AvgIpc) is 2.94. The van der Waals surface area contributed by atoms with E-state index in [9.17, 15) is 8.42 Å². The predicted octanol–water partition coefficient (Wildman–Crippen LogP) is 0.629. The Morgan fingerprint density at radius 2 is 2.19 bits per heavy atom. The Hall–Kier alpha value is -1.48. The van der Waals surface area contributed by atoms with Gasteiger partial charge in [0.1, 0.15) is 0 Å². The first-order valence-corrected chi connectivity index (χ1v) is 8.16. The second kappa shape index (κ2) is 6.99. The van der Waals surface area contributed by atoms with Crippen LogP contribution in [0, 0.1) is 0 Å². The van der Waals surface area contributed by atoms with Crippen molar-refractivity contribution in [3.63, 3.8) is 0 Å². The molecule has 0 atom stereocenters. The lowest BCUT2D eigenvalue weighted by Crippen LogP contribution is -2.27. The summed E-state index contributed by atoms with van der Waals surface area (Å²) in [6.07, 6.45) is 3.21. The molecule has 2 rings (SSSR count). The highest BCUT2D eigenvalue weighted by atomic mass is 35.5. The van der Waals surface area contributed by atoms with Crippen LogP contribution in [0.15, 0.2) is 35.5 Å². The van der Waals surface area contributed by atoms with Crippen LogP contribution in [-0.2, 0) is 23.1 Å². The summed E-state index contributed by atoms with van der Waals surface area (Å²) >= 11 is 6.02. The minimum atomic E-state index is -3.57. The molecule has 0 amide bonds. The third-order valence-corrected chi connectivity index (χ3v) is 4.63. The van der Waals surface area contributed by atoms with E-state index in [4.69, 9.17) is 11.6 Å². The third-order valence-electron chi connectivity index (χ3n) is 2.80. The summed E-state index contributed by atoms with van der Waals surface area (Å²) in [7, 11) is -1.80. The summed E-state index contributed by atoms with van der Waals surface area (Å²) in [5.41, 5.74) is 0.735. The molecule has 0 saturated heterocycles. The number of rotatable bonds is 7. The fraction of sp³-hybridized carbons (Fsp3) is 0.333. The highest BCUT2D eigenvalue weighted by Gasteiger charge is 2.15. The van der Waals surface area contributed by atoms with Crippen LogP contribution >= 0.6 is 11.6 Å². The minimum absolute atomic E-state index is 0.191.